The van der Waals surface area contributed by atoms with Gasteiger partial charge >= 0.3 is 0 Å². The number of rotatable bonds is 6. The highest BCUT2D eigenvalue weighted by Crippen LogP contribution is 2.32. The van der Waals surface area contributed by atoms with Gasteiger partial charge in [0.2, 0.25) is 0 Å². The Morgan fingerprint density at radius 2 is 2.00 bits per heavy atom. The minimum atomic E-state index is -0.501. The molecule has 4 nitrogen and oxygen atoms in total. The van der Waals surface area contributed by atoms with Crippen LogP contribution in [0.4, 0.5) is 11.4 Å². The third-order valence-electron chi connectivity index (χ3n) is 2.20. The SMILES string of the molecule is COCC(O)CCNc1c(Cl)cc(N)cc1Cl. The number of ether oxygens (including phenoxy) is 1. The molecule has 96 valence electrons. The van der Waals surface area contributed by atoms with Gasteiger partial charge in [-0.05, 0) is 18.6 Å². The van der Waals surface area contributed by atoms with Gasteiger partial charge in [0.1, 0.15) is 0 Å². The van der Waals surface area contributed by atoms with Crippen molar-refractivity contribution in [2.45, 2.75) is 12.5 Å². The van der Waals surface area contributed by atoms with E-state index in [0.717, 1.165) is 0 Å². The number of nitrogens with one attached hydrogen (secondary N) is 1. The fourth-order valence-corrected chi connectivity index (χ4v) is 2.04. The van der Waals surface area contributed by atoms with Gasteiger partial charge in [0.05, 0.1) is 28.4 Å². The third kappa shape index (κ3) is 4.60. The average molecular weight is 279 g/mol. The first kappa shape index (κ1) is 14.4. The van der Waals surface area contributed by atoms with E-state index in [1.807, 2.05) is 0 Å². The van der Waals surface area contributed by atoms with E-state index >= 15 is 0 Å². The highest BCUT2D eigenvalue weighted by Gasteiger charge is 2.08. The zero-order chi connectivity index (χ0) is 12.8. The molecule has 0 aliphatic heterocycles. The van der Waals surface area contributed by atoms with Crippen LogP contribution in [-0.2, 0) is 4.74 Å². The lowest BCUT2D eigenvalue weighted by Crippen LogP contribution is -2.18. The van der Waals surface area contributed by atoms with Crippen molar-refractivity contribution >= 4 is 34.6 Å². The molecule has 6 heteroatoms. The summed E-state index contributed by atoms with van der Waals surface area (Å²) >= 11 is 12.0. The summed E-state index contributed by atoms with van der Waals surface area (Å²) in [5, 5.41) is 13.5. The first-order valence-corrected chi connectivity index (χ1v) is 5.95. The molecule has 0 aliphatic rings. The summed E-state index contributed by atoms with van der Waals surface area (Å²) in [5.74, 6) is 0. The summed E-state index contributed by atoms with van der Waals surface area (Å²) in [7, 11) is 1.55. The number of anilines is 2. The number of aliphatic hydroxyl groups excluding tert-OH is 1. The molecule has 17 heavy (non-hydrogen) atoms. The van der Waals surface area contributed by atoms with E-state index in [2.05, 4.69) is 5.32 Å². The van der Waals surface area contributed by atoms with Crippen molar-refractivity contribution < 1.29 is 9.84 Å². The second-order valence-electron chi connectivity index (χ2n) is 3.68. The van der Waals surface area contributed by atoms with Gasteiger partial charge < -0.3 is 20.9 Å². The minimum absolute atomic E-state index is 0.310. The van der Waals surface area contributed by atoms with Crippen molar-refractivity contribution in [2.75, 3.05) is 31.3 Å². The van der Waals surface area contributed by atoms with Crippen LogP contribution < -0.4 is 11.1 Å². The van der Waals surface area contributed by atoms with Gasteiger partial charge in [0, 0.05) is 19.3 Å². The van der Waals surface area contributed by atoms with E-state index in [-0.39, 0.29) is 0 Å². The number of nitrogen functional groups attached to an aromatic ring is 1. The highest BCUT2D eigenvalue weighted by molar-refractivity contribution is 6.39. The fourth-order valence-electron chi connectivity index (χ4n) is 1.40. The normalized spacial score (nSPS) is 12.5. The molecular formula is C11H16Cl2N2O2. The predicted octanol–water partition coefficient (Wildman–Crippen LogP) is 2.38. The van der Waals surface area contributed by atoms with Gasteiger partial charge in [-0.2, -0.15) is 0 Å². The maximum Gasteiger partial charge on any atom is 0.0790 e. The summed E-state index contributed by atoms with van der Waals surface area (Å²) < 4.78 is 4.82. The van der Waals surface area contributed by atoms with Crippen LogP contribution >= 0.6 is 23.2 Å². The second-order valence-corrected chi connectivity index (χ2v) is 4.50. The fraction of sp³-hybridized carbons (Fsp3) is 0.455. The number of benzene rings is 1. The summed E-state index contributed by atoms with van der Waals surface area (Å²) in [6.07, 6.45) is 0.0454. The van der Waals surface area contributed by atoms with Crippen molar-refractivity contribution in [3.8, 4) is 0 Å². The molecule has 1 aromatic carbocycles. The molecular weight excluding hydrogens is 263 g/mol. The number of methoxy groups -OCH3 is 1. The highest BCUT2D eigenvalue weighted by atomic mass is 35.5. The van der Waals surface area contributed by atoms with Crippen LogP contribution in [0.1, 0.15) is 6.42 Å². The molecule has 0 aromatic heterocycles. The van der Waals surface area contributed by atoms with E-state index in [0.29, 0.717) is 41.0 Å². The van der Waals surface area contributed by atoms with Crippen molar-refractivity contribution in [1.82, 2.24) is 0 Å². The molecule has 0 aliphatic carbocycles. The van der Waals surface area contributed by atoms with Gasteiger partial charge in [-0.15, -0.1) is 0 Å². The average Bonchev–Trinajstić information content (AvgIpc) is 2.22. The zero-order valence-electron chi connectivity index (χ0n) is 9.54. The quantitative estimate of drug-likeness (QED) is 0.699. The van der Waals surface area contributed by atoms with Crippen LogP contribution in [0.15, 0.2) is 12.1 Å². The first-order chi connectivity index (χ1) is 8.04. The van der Waals surface area contributed by atoms with E-state index in [4.69, 9.17) is 33.7 Å². The molecule has 1 rings (SSSR count). The number of halogens is 2. The van der Waals surface area contributed by atoms with Crippen LogP contribution in [0.3, 0.4) is 0 Å². The lowest BCUT2D eigenvalue weighted by molar-refractivity contribution is 0.0615. The maximum atomic E-state index is 9.46. The molecule has 0 spiro atoms. The number of aliphatic hydroxyl groups is 1. The van der Waals surface area contributed by atoms with Crippen molar-refractivity contribution in [3.05, 3.63) is 22.2 Å². The summed E-state index contributed by atoms with van der Waals surface area (Å²) in [4.78, 5) is 0. The monoisotopic (exact) mass is 278 g/mol. The van der Waals surface area contributed by atoms with Crippen molar-refractivity contribution in [1.29, 1.82) is 0 Å². The lowest BCUT2D eigenvalue weighted by Gasteiger charge is -2.13. The molecule has 1 atom stereocenters. The molecule has 0 radical (unpaired) electrons. The standard InChI is InChI=1S/C11H16Cl2N2O2/c1-17-6-8(16)2-3-15-11-9(12)4-7(14)5-10(11)13/h4-5,8,15-16H,2-3,6,14H2,1H3. The molecule has 0 amide bonds. The van der Waals surface area contributed by atoms with E-state index in [9.17, 15) is 5.11 Å². The summed E-state index contributed by atoms with van der Waals surface area (Å²) in [6, 6.07) is 3.25. The topological polar surface area (TPSA) is 67.5 Å². The van der Waals surface area contributed by atoms with Gasteiger partial charge in [-0.25, -0.2) is 0 Å². The largest absolute Gasteiger partial charge is 0.399 e. The van der Waals surface area contributed by atoms with Gasteiger partial charge in [-0.3, -0.25) is 0 Å². The number of hydrogen-bond acceptors (Lipinski definition) is 4. The third-order valence-corrected chi connectivity index (χ3v) is 2.80. The van der Waals surface area contributed by atoms with Crippen LogP contribution in [0.2, 0.25) is 10.0 Å². The summed E-state index contributed by atoms with van der Waals surface area (Å²) in [5.41, 5.74) is 6.74. The van der Waals surface area contributed by atoms with Crippen molar-refractivity contribution in [3.63, 3.8) is 0 Å². The molecule has 1 aromatic rings. The Morgan fingerprint density at radius 1 is 1.41 bits per heavy atom. The Labute approximate surface area is 111 Å². The van der Waals surface area contributed by atoms with E-state index in [1.54, 1.807) is 19.2 Å². The van der Waals surface area contributed by atoms with E-state index < -0.39 is 6.10 Å². The van der Waals surface area contributed by atoms with Crippen molar-refractivity contribution in [2.24, 2.45) is 0 Å². The zero-order valence-corrected chi connectivity index (χ0v) is 11.1. The minimum Gasteiger partial charge on any atom is -0.399 e. The Balaban J connectivity index is 2.52. The number of hydrogen-bond donors (Lipinski definition) is 3. The van der Waals surface area contributed by atoms with Crippen LogP contribution in [0.25, 0.3) is 0 Å². The smallest absolute Gasteiger partial charge is 0.0790 e. The lowest BCUT2D eigenvalue weighted by atomic mass is 10.2. The Hall–Kier alpha value is -0.680. The van der Waals surface area contributed by atoms with Crippen LogP contribution in [-0.4, -0.2) is 31.5 Å². The molecule has 0 saturated carbocycles. The number of nitrogens with two attached hydrogens (primary N) is 1. The molecule has 0 fully saturated rings. The van der Waals surface area contributed by atoms with Gasteiger partial charge in [0.15, 0.2) is 0 Å². The van der Waals surface area contributed by atoms with E-state index in [1.165, 1.54) is 0 Å². The molecule has 1 unspecified atom stereocenters. The van der Waals surface area contributed by atoms with Crippen LogP contribution in [0.5, 0.6) is 0 Å². The Kier molecular flexibility index (Phi) is 5.85. The second kappa shape index (κ2) is 6.91. The molecule has 0 saturated heterocycles. The Bertz CT molecular complexity index is 351. The van der Waals surface area contributed by atoms with Gasteiger partial charge in [0.25, 0.3) is 0 Å². The van der Waals surface area contributed by atoms with Gasteiger partial charge in [-0.1, -0.05) is 23.2 Å². The van der Waals surface area contributed by atoms with Crippen LogP contribution in [0, 0.1) is 0 Å². The molecule has 0 heterocycles. The first-order valence-electron chi connectivity index (χ1n) is 5.20. The molecule has 4 N–H and O–H groups in total. The molecule has 0 bridgehead atoms. The summed E-state index contributed by atoms with van der Waals surface area (Å²) in [6.45, 7) is 0.860. The Morgan fingerprint density at radius 3 is 2.53 bits per heavy atom. The predicted molar refractivity (Wildman–Crippen MR) is 71.9 cm³/mol. The maximum absolute atomic E-state index is 9.46.